The number of halogens is 1. The lowest BCUT2D eigenvalue weighted by molar-refractivity contribution is -0.384. The number of nitro groups is 1. The summed E-state index contributed by atoms with van der Waals surface area (Å²) in [5.74, 6) is -1.70. The third-order valence-electron chi connectivity index (χ3n) is 3.69. The fourth-order valence-corrected chi connectivity index (χ4v) is 2.29. The van der Waals surface area contributed by atoms with E-state index in [0.29, 0.717) is 18.7 Å². The Morgan fingerprint density at radius 1 is 1.19 bits per heavy atom. The minimum Gasteiger partial charge on any atom is -0.452 e. The molecule has 2 aromatic rings. The van der Waals surface area contributed by atoms with Crippen LogP contribution in [0.3, 0.4) is 0 Å². The fourth-order valence-electron chi connectivity index (χ4n) is 2.29. The molecule has 0 radical (unpaired) electrons. The Kier molecular flexibility index (Phi) is 6.81. The van der Waals surface area contributed by atoms with Gasteiger partial charge in [0.05, 0.1) is 10.5 Å². The van der Waals surface area contributed by atoms with Gasteiger partial charge >= 0.3 is 5.97 Å². The van der Waals surface area contributed by atoms with Crippen molar-refractivity contribution in [2.75, 3.05) is 25.5 Å². The molecule has 27 heavy (non-hydrogen) atoms. The topological polar surface area (TPSA) is 111 Å². The van der Waals surface area contributed by atoms with Gasteiger partial charge in [0.15, 0.2) is 6.61 Å². The number of nitro benzene ring substituents is 1. The third-order valence-corrected chi connectivity index (χ3v) is 3.69. The molecule has 0 aromatic heterocycles. The highest BCUT2D eigenvalue weighted by atomic mass is 19.1. The normalized spacial score (nSPS) is 10.1. The second-order valence-corrected chi connectivity index (χ2v) is 5.54. The Bertz CT molecular complexity index is 839. The molecule has 0 aliphatic heterocycles. The summed E-state index contributed by atoms with van der Waals surface area (Å²) in [5, 5.41) is 16.2. The predicted molar refractivity (Wildman–Crippen MR) is 96.0 cm³/mol. The average molecular weight is 375 g/mol. The van der Waals surface area contributed by atoms with Gasteiger partial charge in [-0.15, -0.1) is 0 Å². The second-order valence-electron chi connectivity index (χ2n) is 5.54. The molecule has 0 heterocycles. The van der Waals surface area contributed by atoms with Crippen molar-refractivity contribution in [2.24, 2.45) is 0 Å². The van der Waals surface area contributed by atoms with Gasteiger partial charge in [0.25, 0.3) is 11.6 Å². The van der Waals surface area contributed by atoms with Gasteiger partial charge in [0, 0.05) is 31.4 Å². The van der Waals surface area contributed by atoms with E-state index >= 15 is 0 Å². The molecule has 0 spiro atoms. The number of nitrogens with one attached hydrogen (secondary N) is 2. The van der Waals surface area contributed by atoms with Crippen molar-refractivity contribution in [1.29, 1.82) is 0 Å². The van der Waals surface area contributed by atoms with E-state index in [0.717, 1.165) is 11.6 Å². The van der Waals surface area contributed by atoms with Crippen molar-refractivity contribution >= 4 is 23.3 Å². The largest absolute Gasteiger partial charge is 0.452 e. The van der Waals surface area contributed by atoms with E-state index < -0.39 is 23.4 Å². The summed E-state index contributed by atoms with van der Waals surface area (Å²) in [4.78, 5) is 34.1. The van der Waals surface area contributed by atoms with Crippen molar-refractivity contribution in [3.63, 3.8) is 0 Å². The molecule has 2 aromatic carbocycles. The fraction of sp³-hybridized carbons (Fsp3) is 0.222. The number of hydrogen-bond acceptors (Lipinski definition) is 6. The molecule has 142 valence electrons. The molecule has 0 bridgehead atoms. The lowest BCUT2D eigenvalue weighted by Crippen LogP contribution is -2.30. The summed E-state index contributed by atoms with van der Waals surface area (Å²) in [6.45, 7) is -0.227. The highest BCUT2D eigenvalue weighted by Crippen LogP contribution is 2.22. The Labute approximate surface area is 154 Å². The lowest BCUT2D eigenvalue weighted by Gasteiger charge is -2.10. The van der Waals surface area contributed by atoms with Crippen LogP contribution in [-0.4, -0.2) is 37.0 Å². The molecule has 0 aliphatic carbocycles. The zero-order valence-corrected chi connectivity index (χ0v) is 14.5. The van der Waals surface area contributed by atoms with Gasteiger partial charge in [-0.3, -0.25) is 14.9 Å². The SMILES string of the molecule is CNc1ccc([N+](=O)[O-])cc1C(=O)OCC(=O)NCCc1ccc(F)cc1. The molecule has 0 saturated heterocycles. The van der Waals surface area contributed by atoms with E-state index in [1.165, 1.54) is 24.3 Å². The number of ether oxygens (including phenoxy) is 1. The zero-order valence-electron chi connectivity index (χ0n) is 14.5. The first-order valence-electron chi connectivity index (χ1n) is 8.05. The summed E-state index contributed by atoms with van der Waals surface area (Å²) >= 11 is 0. The van der Waals surface area contributed by atoms with Gasteiger partial charge in [-0.1, -0.05) is 12.1 Å². The van der Waals surface area contributed by atoms with Gasteiger partial charge in [-0.25, -0.2) is 9.18 Å². The number of anilines is 1. The highest BCUT2D eigenvalue weighted by Gasteiger charge is 2.18. The molecule has 2 N–H and O–H groups in total. The molecule has 0 unspecified atom stereocenters. The lowest BCUT2D eigenvalue weighted by atomic mass is 10.1. The second kappa shape index (κ2) is 9.27. The van der Waals surface area contributed by atoms with Crippen LogP contribution in [0.25, 0.3) is 0 Å². The molecule has 9 heteroatoms. The van der Waals surface area contributed by atoms with Crippen LogP contribution in [0, 0.1) is 15.9 Å². The number of benzene rings is 2. The minimum atomic E-state index is -0.850. The quantitative estimate of drug-likeness (QED) is 0.416. The molecule has 1 amide bonds. The van der Waals surface area contributed by atoms with Crippen LogP contribution >= 0.6 is 0 Å². The average Bonchev–Trinajstić information content (AvgIpc) is 2.67. The first kappa shape index (κ1) is 19.8. The summed E-state index contributed by atoms with van der Waals surface area (Å²) in [7, 11) is 1.56. The molecule has 0 aliphatic rings. The van der Waals surface area contributed by atoms with E-state index in [2.05, 4.69) is 10.6 Å². The van der Waals surface area contributed by atoms with Crippen LogP contribution in [0.1, 0.15) is 15.9 Å². The number of hydrogen-bond donors (Lipinski definition) is 2. The number of carbonyl (C=O) groups excluding carboxylic acids is 2. The van der Waals surface area contributed by atoms with Crippen molar-refractivity contribution < 1.29 is 23.6 Å². The maximum absolute atomic E-state index is 12.8. The van der Waals surface area contributed by atoms with Gasteiger partial charge < -0.3 is 15.4 Å². The van der Waals surface area contributed by atoms with Crippen molar-refractivity contribution in [2.45, 2.75) is 6.42 Å². The van der Waals surface area contributed by atoms with Crippen molar-refractivity contribution in [3.05, 3.63) is 69.5 Å². The van der Waals surface area contributed by atoms with Crippen molar-refractivity contribution in [1.82, 2.24) is 5.32 Å². The van der Waals surface area contributed by atoms with E-state index in [4.69, 9.17) is 4.74 Å². The predicted octanol–water partition coefficient (Wildman–Crippen LogP) is 2.29. The minimum absolute atomic E-state index is 0.0363. The Morgan fingerprint density at radius 3 is 2.52 bits per heavy atom. The standard InChI is InChI=1S/C18H18FN3O5/c1-20-16-7-6-14(22(25)26)10-15(16)18(24)27-11-17(23)21-9-8-12-2-4-13(19)5-3-12/h2-7,10,20H,8-9,11H2,1H3,(H,21,23). The smallest absolute Gasteiger partial charge is 0.341 e. The van der Waals surface area contributed by atoms with E-state index in [9.17, 15) is 24.1 Å². The molecule has 2 rings (SSSR count). The van der Waals surface area contributed by atoms with Gasteiger partial charge in [-0.05, 0) is 30.2 Å². The molecule has 0 saturated carbocycles. The number of esters is 1. The summed E-state index contributed by atoms with van der Waals surface area (Å²) in [6.07, 6.45) is 0.495. The summed E-state index contributed by atoms with van der Waals surface area (Å²) in [5.41, 5.74) is 0.904. The summed E-state index contributed by atoms with van der Waals surface area (Å²) in [6, 6.07) is 9.61. The molecular formula is C18H18FN3O5. The maximum atomic E-state index is 12.8. The van der Waals surface area contributed by atoms with Gasteiger partial charge in [0.2, 0.25) is 0 Å². The monoisotopic (exact) mass is 375 g/mol. The highest BCUT2D eigenvalue weighted by molar-refractivity contribution is 5.97. The zero-order chi connectivity index (χ0) is 19.8. The van der Waals surface area contributed by atoms with Gasteiger partial charge in [0.1, 0.15) is 5.82 Å². The Hall–Kier alpha value is -3.49. The number of carbonyl (C=O) groups is 2. The Morgan fingerprint density at radius 2 is 1.89 bits per heavy atom. The van der Waals surface area contributed by atoms with Crippen LogP contribution < -0.4 is 10.6 Å². The summed E-state index contributed by atoms with van der Waals surface area (Å²) < 4.78 is 17.7. The van der Waals surface area contributed by atoms with E-state index in [1.54, 1.807) is 19.2 Å². The molecule has 8 nitrogen and oxygen atoms in total. The number of amides is 1. The van der Waals surface area contributed by atoms with Crippen LogP contribution in [-0.2, 0) is 16.0 Å². The van der Waals surface area contributed by atoms with Crippen LogP contribution in [0.15, 0.2) is 42.5 Å². The molecular weight excluding hydrogens is 357 g/mol. The first-order chi connectivity index (χ1) is 12.9. The van der Waals surface area contributed by atoms with E-state index in [-0.39, 0.29) is 17.1 Å². The number of non-ortho nitro benzene ring substituents is 1. The number of rotatable bonds is 8. The van der Waals surface area contributed by atoms with Crippen molar-refractivity contribution in [3.8, 4) is 0 Å². The van der Waals surface area contributed by atoms with Gasteiger partial charge in [-0.2, -0.15) is 0 Å². The molecule has 0 atom stereocenters. The third kappa shape index (κ3) is 5.77. The first-order valence-corrected chi connectivity index (χ1v) is 8.05. The van der Waals surface area contributed by atoms with Crippen LogP contribution in [0.5, 0.6) is 0 Å². The Balaban J connectivity index is 1.85. The number of nitrogens with zero attached hydrogens (tertiary/aromatic N) is 1. The maximum Gasteiger partial charge on any atom is 0.341 e. The molecule has 0 fully saturated rings. The van der Waals surface area contributed by atoms with Crippen LogP contribution in [0.2, 0.25) is 0 Å². The van der Waals surface area contributed by atoms with E-state index in [1.807, 2.05) is 0 Å². The van der Waals surface area contributed by atoms with Crippen LogP contribution in [0.4, 0.5) is 15.8 Å².